The lowest BCUT2D eigenvalue weighted by molar-refractivity contribution is 0.0409. The first-order valence-corrected chi connectivity index (χ1v) is 8.18. The topological polar surface area (TPSA) is 18.5 Å². The van der Waals surface area contributed by atoms with Crippen molar-refractivity contribution in [1.29, 1.82) is 0 Å². The Balaban J connectivity index is 1.91. The summed E-state index contributed by atoms with van der Waals surface area (Å²) in [5.41, 5.74) is 4.91. The van der Waals surface area contributed by atoms with Gasteiger partial charge >= 0.3 is 0 Å². The lowest BCUT2D eigenvalue weighted by Gasteiger charge is -2.27. The number of fused-ring (bicyclic) bond motifs is 7. The van der Waals surface area contributed by atoms with Crippen LogP contribution in [0.2, 0.25) is 0 Å². The summed E-state index contributed by atoms with van der Waals surface area (Å²) < 4.78 is 11.8. The van der Waals surface area contributed by atoms with E-state index in [1.165, 1.54) is 33.0 Å². The van der Waals surface area contributed by atoms with Gasteiger partial charge in [0.1, 0.15) is 11.4 Å². The quantitative estimate of drug-likeness (QED) is 0.637. The molecule has 2 aliphatic rings. The second-order valence-corrected chi connectivity index (χ2v) is 6.40. The van der Waals surface area contributed by atoms with Crippen LogP contribution in [0.1, 0.15) is 24.0 Å². The number of hydrogen-bond donors (Lipinski definition) is 0. The van der Waals surface area contributed by atoms with Gasteiger partial charge in [-0.25, -0.2) is 0 Å². The van der Waals surface area contributed by atoms with Gasteiger partial charge in [-0.2, -0.15) is 0 Å². The van der Waals surface area contributed by atoms with E-state index in [1.54, 1.807) is 7.11 Å². The minimum absolute atomic E-state index is 0.280. The van der Waals surface area contributed by atoms with Crippen LogP contribution in [0.25, 0.3) is 21.9 Å². The molecule has 0 saturated carbocycles. The van der Waals surface area contributed by atoms with Crippen molar-refractivity contribution in [1.82, 2.24) is 0 Å². The largest absolute Gasteiger partial charge is 0.497 e. The molecule has 1 fully saturated rings. The van der Waals surface area contributed by atoms with Crippen LogP contribution in [0, 0.1) is 0 Å². The Bertz CT molecular complexity index is 920. The molecule has 5 rings (SSSR count). The van der Waals surface area contributed by atoms with Gasteiger partial charge in [-0.1, -0.05) is 42.5 Å². The smallest absolute Gasteiger partial charge is 0.120 e. The molecule has 1 aliphatic carbocycles. The van der Waals surface area contributed by atoms with Crippen LogP contribution in [0.4, 0.5) is 0 Å². The van der Waals surface area contributed by atoms with Gasteiger partial charge in [-0.05, 0) is 52.4 Å². The van der Waals surface area contributed by atoms with Gasteiger partial charge in [0.15, 0.2) is 0 Å². The summed E-state index contributed by atoms with van der Waals surface area (Å²) in [5.74, 6) is 0.901. The van der Waals surface area contributed by atoms with Crippen LogP contribution in [-0.4, -0.2) is 13.7 Å². The molecule has 0 unspecified atom stereocenters. The van der Waals surface area contributed by atoms with Crippen molar-refractivity contribution >= 4 is 10.8 Å². The minimum atomic E-state index is -0.280. The first kappa shape index (κ1) is 13.1. The summed E-state index contributed by atoms with van der Waals surface area (Å²) in [4.78, 5) is 0. The Morgan fingerprint density at radius 2 is 1.91 bits per heavy atom. The third-order valence-electron chi connectivity index (χ3n) is 5.31. The van der Waals surface area contributed by atoms with E-state index in [2.05, 4.69) is 54.6 Å². The van der Waals surface area contributed by atoms with E-state index in [0.717, 1.165) is 25.2 Å². The molecule has 3 aromatic rings. The van der Waals surface area contributed by atoms with Crippen LogP contribution in [0.5, 0.6) is 5.75 Å². The Morgan fingerprint density at radius 3 is 2.74 bits per heavy atom. The molecule has 1 atom stereocenters. The maximum absolute atomic E-state index is 6.40. The van der Waals surface area contributed by atoms with Gasteiger partial charge in [-0.15, -0.1) is 0 Å². The monoisotopic (exact) mass is 302 g/mol. The zero-order chi connectivity index (χ0) is 15.4. The molecule has 1 spiro atoms. The molecule has 0 N–H and O–H groups in total. The van der Waals surface area contributed by atoms with Crippen LogP contribution in [-0.2, 0) is 10.3 Å². The molecule has 0 radical (unpaired) electrons. The summed E-state index contributed by atoms with van der Waals surface area (Å²) in [6, 6.07) is 19.5. The normalized spacial score (nSPS) is 21.6. The number of hydrogen-bond acceptors (Lipinski definition) is 2. The van der Waals surface area contributed by atoms with Crippen LogP contribution < -0.4 is 4.74 Å². The van der Waals surface area contributed by atoms with Gasteiger partial charge in [0.25, 0.3) is 0 Å². The Morgan fingerprint density at radius 1 is 1.00 bits per heavy atom. The second kappa shape index (κ2) is 4.59. The maximum atomic E-state index is 6.40. The fraction of sp³-hybridized carbons (Fsp3) is 0.238. The molecule has 0 amide bonds. The van der Waals surface area contributed by atoms with Crippen molar-refractivity contribution in [2.45, 2.75) is 18.4 Å². The van der Waals surface area contributed by atoms with Gasteiger partial charge in [0, 0.05) is 12.2 Å². The number of benzene rings is 3. The number of methoxy groups -OCH3 is 1. The van der Waals surface area contributed by atoms with Crippen LogP contribution >= 0.6 is 0 Å². The van der Waals surface area contributed by atoms with Crippen molar-refractivity contribution in [2.75, 3.05) is 13.7 Å². The fourth-order valence-corrected chi connectivity index (χ4v) is 4.34. The van der Waals surface area contributed by atoms with E-state index in [0.29, 0.717) is 0 Å². The highest BCUT2D eigenvalue weighted by atomic mass is 16.5. The van der Waals surface area contributed by atoms with Crippen molar-refractivity contribution in [3.63, 3.8) is 0 Å². The summed E-state index contributed by atoms with van der Waals surface area (Å²) in [6.45, 7) is 0.828. The van der Waals surface area contributed by atoms with E-state index >= 15 is 0 Å². The predicted molar refractivity (Wildman–Crippen MR) is 91.9 cm³/mol. The standard InChI is InChI=1S/C21H18O2/c1-22-15-8-10-19-18(13-15)17-9-7-14-5-2-3-6-16(14)20(17)21(19)11-4-12-23-21/h2-3,5-10,13H,4,11-12H2,1H3/t21-/m1/s1. The molecular weight excluding hydrogens is 284 g/mol. The highest BCUT2D eigenvalue weighted by Gasteiger charge is 2.47. The number of ether oxygens (including phenoxy) is 2. The SMILES string of the molecule is COc1ccc2c(c1)-c1ccc3ccccc3c1[C@@]21CCCO1. The molecule has 114 valence electrons. The summed E-state index contributed by atoms with van der Waals surface area (Å²) in [5, 5.41) is 2.59. The Hall–Kier alpha value is -2.32. The average molecular weight is 302 g/mol. The number of rotatable bonds is 1. The lowest BCUT2D eigenvalue weighted by Crippen LogP contribution is -2.23. The average Bonchev–Trinajstić information content (AvgIpc) is 3.20. The zero-order valence-electron chi connectivity index (χ0n) is 13.1. The van der Waals surface area contributed by atoms with E-state index < -0.39 is 0 Å². The van der Waals surface area contributed by atoms with Crippen LogP contribution in [0.15, 0.2) is 54.6 Å². The maximum Gasteiger partial charge on any atom is 0.120 e. The third-order valence-corrected chi connectivity index (χ3v) is 5.31. The molecule has 0 aromatic heterocycles. The van der Waals surface area contributed by atoms with Gasteiger partial charge in [-0.3, -0.25) is 0 Å². The van der Waals surface area contributed by atoms with Crippen molar-refractivity contribution in [3.8, 4) is 16.9 Å². The lowest BCUT2D eigenvalue weighted by atomic mass is 9.86. The summed E-state index contributed by atoms with van der Waals surface area (Å²) >= 11 is 0. The molecule has 1 heterocycles. The molecule has 1 aliphatic heterocycles. The molecule has 2 heteroatoms. The molecule has 3 aromatic carbocycles. The summed E-state index contributed by atoms with van der Waals surface area (Å²) in [6.07, 6.45) is 2.15. The van der Waals surface area contributed by atoms with E-state index in [9.17, 15) is 0 Å². The Kier molecular flexibility index (Phi) is 2.62. The molecule has 2 nitrogen and oxygen atoms in total. The van der Waals surface area contributed by atoms with Gasteiger partial charge in [0.05, 0.1) is 7.11 Å². The first-order valence-electron chi connectivity index (χ1n) is 8.18. The van der Waals surface area contributed by atoms with Crippen molar-refractivity contribution in [3.05, 3.63) is 65.7 Å². The van der Waals surface area contributed by atoms with Crippen molar-refractivity contribution in [2.24, 2.45) is 0 Å². The molecule has 0 bridgehead atoms. The van der Waals surface area contributed by atoms with Gasteiger partial charge < -0.3 is 9.47 Å². The zero-order valence-corrected chi connectivity index (χ0v) is 13.1. The third kappa shape index (κ3) is 1.62. The van der Waals surface area contributed by atoms with E-state index in [4.69, 9.17) is 9.47 Å². The van der Waals surface area contributed by atoms with E-state index in [1.807, 2.05) is 0 Å². The minimum Gasteiger partial charge on any atom is -0.497 e. The molecule has 23 heavy (non-hydrogen) atoms. The highest BCUT2D eigenvalue weighted by molar-refractivity contribution is 5.97. The molecular formula is C21H18O2. The van der Waals surface area contributed by atoms with E-state index in [-0.39, 0.29) is 5.60 Å². The molecule has 1 saturated heterocycles. The Labute approximate surface area is 135 Å². The first-order chi connectivity index (χ1) is 11.3. The summed E-state index contributed by atoms with van der Waals surface area (Å²) in [7, 11) is 1.72. The highest BCUT2D eigenvalue weighted by Crippen LogP contribution is 2.56. The fourth-order valence-electron chi connectivity index (χ4n) is 4.34. The second-order valence-electron chi connectivity index (χ2n) is 6.40. The van der Waals surface area contributed by atoms with Crippen molar-refractivity contribution < 1.29 is 9.47 Å². The van der Waals surface area contributed by atoms with Gasteiger partial charge in [0.2, 0.25) is 0 Å². The predicted octanol–water partition coefficient (Wildman–Crippen LogP) is 4.88. The van der Waals surface area contributed by atoms with Crippen LogP contribution in [0.3, 0.4) is 0 Å².